The quantitative estimate of drug-likeness (QED) is 0.639. The van der Waals surface area contributed by atoms with Gasteiger partial charge in [0.25, 0.3) is 5.91 Å². The zero-order chi connectivity index (χ0) is 18.0. The van der Waals surface area contributed by atoms with E-state index in [2.05, 4.69) is 10.4 Å². The van der Waals surface area contributed by atoms with Crippen LogP contribution in [0.25, 0.3) is 0 Å². The molecule has 1 aromatic heterocycles. The Morgan fingerprint density at radius 2 is 1.68 bits per heavy atom. The number of nitrogens with one attached hydrogen (secondary N) is 1. The Morgan fingerprint density at radius 3 is 2.32 bits per heavy atom. The predicted molar refractivity (Wildman–Crippen MR) is 102 cm³/mol. The molecular weight excluding hydrogens is 381 g/mol. The molecule has 3 rings (SSSR count). The van der Waals surface area contributed by atoms with Crippen LogP contribution in [0.5, 0.6) is 0 Å². The molecule has 0 unspecified atom stereocenters. The maximum Gasteiger partial charge on any atom is 0.256 e. The molecule has 0 spiro atoms. The molecule has 0 bridgehead atoms. The number of halogens is 3. The van der Waals surface area contributed by atoms with Gasteiger partial charge in [0, 0.05) is 27.4 Å². The molecule has 0 fully saturated rings. The number of aryl methyl sites for hydroxylation is 1. The van der Waals surface area contributed by atoms with Gasteiger partial charge in [-0.3, -0.25) is 9.48 Å². The Balaban J connectivity index is 1.78. The molecular formula is C18H14Cl3N3O. The molecule has 0 radical (unpaired) electrons. The Kier molecular flexibility index (Phi) is 5.33. The van der Waals surface area contributed by atoms with Gasteiger partial charge in [0.05, 0.1) is 6.54 Å². The zero-order valence-electron chi connectivity index (χ0n) is 13.3. The molecule has 1 N–H and O–H groups in total. The highest BCUT2D eigenvalue weighted by Crippen LogP contribution is 2.27. The van der Waals surface area contributed by atoms with E-state index in [1.165, 1.54) is 0 Å². The average molecular weight is 395 g/mol. The third kappa shape index (κ3) is 4.15. The van der Waals surface area contributed by atoms with Crippen molar-refractivity contribution in [2.45, 2.75) is 13.5 Å². The van der Waals surface area contributed by atoms with Crippen LogP contribution < -0.4 is 5.32 Å². The molecule has 0 saturated heterocycles. The average Bonchev–Trinajstić information content (AvgIpc) is 2.91. The highest BCUT2D eigenvalue weighted by Gasteiger charge is 2.14. The number of amides is 1. The highest BCUT2D eigenvalue weighted by atomic mass is 35.5. The molecule has 0 aliphatic heterocycles. The van der Waals surface area contributed by atoms with E-state index >= 15 is 0 Å². The second-order valence-electron chi connectivity index (χ2n) is 5.54. The van der Waals surface area contributed by atoms with Crippen LogP contribution in [0.15, 0.2) is 48.7 Å². The summed E-state index contributed by atoms with van der Waals surface area (Å²) in [6.45, 7) is 2.30. The fourth-order valence-corrected chi connectivity index (χ4v) is 3.01. The summed E-state index contributed by atoms with van der Waals surface area (Å²) in [6.07, 6.45) is 1.62. The van der Waals surface area contributed by atoms with Crippen LogP contribution >= 0.6 is 34.8 Å². The van der Waals surface area contributed by atoms with Crippen LogP contribution in [0.4, 0.5) is 5.82 Å². The first kappa shape index (κ1) is 17.8. The van der Waals surface area contributed by atoms with Crippen molar-refractivity contribution in [2.75, 3.05) is 5.32 Å². The van der Waals surface area contributed by atoms with E-state index < -0.39 is 0 Å². The first-order valence-corrected chi connectivity index (χ1v) is 8.61. The van der Waals surface area contributed by atoms with Crippen LogP contribution in [-0.2, 0) is 6.54 Å². The number of rotatable bonds is 4. The maximum absolute atomic E-state index is 12.3. The monoisotopic (exact) mass is 393 g/mol. The number of aromatic nitrogens is 2. The Labute approximate surface area is 160 Å². The SMILES string of the molecule is Cc1ccc(C(=O)Nc2nn(Cc3c(Cl)cccc3Cl)cc2Cl)cc1. The molecule has 7 heteroatoms. The lowest BCUT2D eigenvalue weighted by Gasteiger charge is -2.07. The summed E-state index contributed by atoms with van der Waals surface area (Å²) < 4.78 is 1.58. The molecule has 0 aliphatic carbocycles. The van der Waals surface area contributed by atoms with Crippen molar-refractivity contribution in [3.8, 4) is 0 Å². The number of benzene rings is 2. The summed E-state index contributed by atoms with van der Waals surface area (Å²) in [4.78, 5) is 12.3. The van der Waals surface area contributed by atoms with Gasteiger partial charge in [-0.2, -0.15) is 5.10 Å². The van der Waals surface area contributed by atoms with Crippen LogP contribution in [0.1, 0.15) is 21.5 Å². The van der Waals surface area contributed by atoms with Gasteiger partial charge in [0.1, 0.15) is 5.02 Å². The molecule has 1 amide bonds. The van der Waals surface area contributed by atoms with Gasteiger partial charge in [0.2, 0.25) is 0 Å². The number of carbonyl (C=O) groups is 1. The largest absolute Gasteiger partial charge is 0.304 e. The van der Waals surface area contributed by atoms with Crippen LogP contribution in [0.3, 0.4) is 0 Å². The highest BCUT2D eigenvalue weighted by molar-refractivity contribution is 6.36. The van der Waals surface area contributed by atoms with Crippen molar-refractivity contribution in [1.82, 2.24) is 9.78 Å². The molecule has 1 heterocycles. The minimum atomic E-state index is -0.275. The Bertz CT molecular complexity index is 900. The minimum absolute atomic E-state index is 0.275. The number of nitrogens with zero attached hydrogens (tertiary/aromatic N) is 2. The lowest BCUT2D eigenvalue weighted by molar-refractivity contribution is 0.102. The summed E-state index contributed by atoms with van der Waals surface area (Å²) in [5.41, 5.74) is 2.35. The normalized spacial score (nSPS) is 10.7. The summed E-state index contributed by atoms with van der Waals surface area (Å²) in [6, 6.07) is 12.5. The summed E-state index contributed by atoms with van der Waals surface area (Å²) >= 11 is 18.5. The lowest BCUT2D eigenvalue weighted by Crippen LogP contribution is -2.13. The van der Waals surface area contributed by atoms with E-state index in [0.717, 1.165) is 11.1 Å². The third-order valence-corrected chi connectivity index (χ3v) is 4.63. The van der Waals surface area contributed by atoms with Crippen molar-refractivity contribution in [3.05, 3.63) is 80.4 Å². The number of hydrogen-bond donors (Lipinski definition) is 1. The van der Waals surface area contributed by atoms with Crippen molar-refractivity contribution in [1.29, 1.82) is 0 Å². The van der Waals surface area contributed by atoms with E-state index in [-0.39, 0.29) is 11.7 Å². The smallest absolute Gasteiger partial charge is 0.256 e. The van der Waals surface area contributed by atoms with Crippen LogP contribution in [0, 0.1) is 6.92 Å². The van der Waals surface area contributed by atoms with Crippen molar-refractivity contribution in [3.63, 3.8) is 0 Å². The summed E-state index contributed by atoms with van der Waals surface area (Å²) in [5.74, 6) is 0.0124. The second kappa shape index (κ2) is 7.48. The van der Waals surface area contributed by atoms with Gasteiger partial charge in [-0.05, 0) is 31.2 Å². The molecule has 0 saturated carbocycles. The second-order valence-corrected chi connectivity index (χ2v) is 6.77. The first-order valence-electron chi connectivity index (χ1n) is 7.48. The van der Waals surface area contributed by atoms with E-state index in [9.17, 15) is 4.79 Å². The van der Waals surface area contributed by atoms with Crippen LogP contribution in [0.2, 0.25) is 15.1 Å². The van der Waals surface area contributed by atoms with Crippen molar-refractivity contribution >= 4 is 46.5 Å². The number of anilines is 1. The zero-order valence-corrected chi connectivity index (χ0v) is 15.5. The van der Waals surface area contributed by atoms with Gasteiger partial charge in [0.15, 0.2) is 5.82 Å². The molecule has 0 atom stereocenters. The van der Waals surface area contributed by atoms with Gasteiger partial charge in [-0.25, -0.2) is 0 Å². The number of carbonyl (C=O) groups excluding carboxylic acids is 1. The maximum atomic E-state index is 12.3. The Morgan fingerprint density at radius 1 is 1.04 bits per heavy atom. The molecule has 2 aromatic carbocycles. The van der Waals surface area contributed by atoms with Gasteiger partial charge >= 0.3 is 0 Å². The topological polar surface area (TPSA) is 46.9 Å². The molecule has 128 valence electrons. The summed E-state index contributed by atoms with van der Waals surface area (Å²) in [7, 11) is 0. The molecule has 25 heavy (non-hydrogen) atoms. The molecule has 4 nitrogen and oxygen atoms in total. The van der Waals surface area contributed by atoms with E-state index in [4.69, 9.17) is 34.8 Å². The first-order chi connectivity index (χ1) is 11.9. The van der Waals surface area contributed by atoms with Crippen molar-refractivity contribution < 1.29 is 4.79 Å². The predicted octanol–water partition coefficient (Wildman–Crippen LogP) is 5.45. The molecule has 3 aromatic rings. The molecule has 0 aliphatic rings. The van der Waals surface area contributed by atoms with E-state index in [1.54, 1.807) is 41.2 Å². The van der Waals surface area contributed by atoms with Gasteiger partial charge in [-0.1, -0.05) is 58.6 Å². The lowest BCUT2D eigenvalue weighted by atomic mass is 10.1. The van der Waals surface area contributed by atoms with E-state index in [1.807, 2.05) is 19.1 Å². The van der Waals surface area contributed by atoms with Crippen molar-refractivity contribution in [2.24, 2.45) is 0 Å². The number of hydrogen-bond acceptors (Lipinski definition) is 2. The third-order valence-electron chi connectivity index (χ3n) is 3.64. The standard InChI is InChI=1S/C18H14Cl3N3O/c1-11-5-7-12(8-6-11)18(25)22-17-16(21)10-24(23-17)9-13-14(19)3-2-4-15(13)20/h2-8,10H,9H2,1H3,(H,22,23,25). The van der Waals surface area contributed by atoms with E-state index in [0.29, 0.717) is 27.2 Å². The van der Waals surface area contributed by atoms with Crippen LogP contribution in [-0.4, -0.2) is 15.7 Å². The fraction of sp³-hybridized carbons (Fsp3) is 0.111. The fourth-order valence-electron chi connectivity index (χ4n) is 2.29. The Hall–Kier alpha value is -2.01. The summed E-state index contributed by atoms with van der Waals surface area (Å²) in [5, 5.41) is 8.45. The van der Waals surface area contributed by atoms with Gasteiger partial charge in [-0.15, -0.1) is 0 Å². The minimum Gasteiger partial charge on any atom is -0.304 e. The van der Waals surface area contributed by atoms with Gasteiger partial charge < -0.3 is 5.32 Å².